The van der Waals surface area contributed by atoms with E-state index in [4.69, 9.17) is 16.9 Å². The first kappa shape index (κ1) is 19.0. The lowest BCUT2D eigenvalue weighted by molar-refractivity contribution is -0.306. The Kier molecular flexibility index (Phi) is 7.10. The fraction of sp³-hybridized carbons (Fsp3) is 0.222. The highest BCUT2D eigenvalue weighted by Crippen LogP contribution is 2.16. The van der Waals surface area contributed by atoms with Gasteiger partial charge in [-0.25, -0.2) is 4.89 Å². The van der Waals surface area contributed by atoms with Gasteiger partial charge in [0.15, 0.2) is 5.78 Å². The molecule has 0 radical (unpaired) electrons. The normalized spacial score (nSPS) is 10.5. The second kappa shape index (κ2) is 8.58. The Morgan fingerprint density at radius 3 is 1.78 bits per heavy atom. The Bertz CT molecular complexity index is 660. The summed E-state index contributed by atoms with van der Waals surface area (Å²) in [6.07, 6.45) is 0. The second-order valence-electron chi connectivity index (χ2n) is 5.72. The summed E-state index contributed by atoms with van der Waals surface area (Å²) < 4.78 is 0. The van der Waals surface area contributed by atoms with Gasteiger partial charge in [0.05, 0.1) is 5.60 Å². The van der Waals surface area contributed by atoms with Crippen LogP contribution < -0.4 is 0 Å². The zero-order chi connectivity index (χ0) is 17.5. The first-order valence-electron chi connectivity index (χ1n) is 6.97. The van der Waals surface area contributed by atoms with Crippen LogP contribution in [0.15, 0.2) is 54.6 Å². The average Bonchev–Trinajstić information content (AvgIpc) is 2.55. The van der Waals surface area contributed by atoms with Crippen molar-refractivity contribution in [2.24, 2.45) is 0 Å². The van der Waals surface area contributed by atoms with Crippen LogP contribution >= 0.6 is 11.6 Å². The minimum Gasteiger partial charge on any atom is -0.289 e. The molecule has 1 N–H and O–H groups in total. The third kappa shape index (κ3) is 6.32. The second-order valence-corrected chi connectivity index (χ2v) is 6.06. The number of hydrogen-bond donors (Lipinski definition) is 1. The lowest BCUT2D eigenvalue weighted by Gasteiger charge is -2.10. The molecular formula is C18H19ClO4. The molecule has 0 atom stereocenters. The Labute approximate surface area is 140 Å². The third-order valence-corrected chi connectivity index (χ3v) is 2.90. The fourth-order valence-corrected chi connectivity index (χ4v) is 1.76. The largest absolute Gasteiger partial charge is 0.289 e. The summed E-state index contributed by atoms with van der Waals surface area (Å²) in [4.78, 5) is 27.3. The van der Waals surface area contributed by atoms with Crippen molar-refractivity contribution in [2.45, 2.75) is 26.4 Å². The van der Waals surface area contributed by atoms with Gasteiger partial charge in [0, 0.05) is 16.7 Å². The number of hydrogen-bond acceptors (Lipinski definition) is 4. The lowest BCUT2D eigenvalue weighted by atomic mass is 9.99. The molecule has 122 valence electrons. The summed E-state index contributed by atoms with van der Waals surface area (Å²) in [5, 5.41) is 7.28. The van der Waals surface area contributed by atoms with Gasteiger partial charge in [-0.1, -0.05) is 48.5 Å². The van der Waals surface area contributed by atoms with Crippen LogP contribution in [0.25, 0.3) is 0 Å². The van der Waals surface area contributed by atoms with Gasteiger partial charge in [-0.3, -0.25) is 14.8 Å². The van der Waals surface area contributed by atoms with E-state index in [9.17, 15) is 9.59 Å². The molecule has 0 saturated heterocycles. The van der Waals surface area contributed by atoms with Crippen molar-refractivity contribution in [2.75, 3.05) is 0 Å². The van der Waals surface area contributed by atoms with Crippen LogP contribution in [0, 0.1) is 0 Å². The summed E-state index contributed by atoms with van der Waals surface area (Å²) in [5.74, 6) is -0.199. The molecule has 0 bridgehead atoms. The van der Waals surface area contributed by atoms with Crippen LogP contribution in [-0.4, -0.2) is 21.9 Å². The van der Waals surface area contributed by atoms with Crippen molar-refractivity contribution < 1.29 is 19.7 Å². The Hall–Kier alpha value is -2.01. The molecular weight excluding hydrogens is 316 g/mol. The van der Waals surface area contributed by atoms with E-state index in [1.807, 2.05) is 6.07 Å². The molecule has 0 saturated carbocycles. The minimum atomic E-state index is -0.620. The van der Waals surface area contributed by atoms with E-state index in [0.717, 1.165) is 0 Å². The van der Waals surface area contributed by atoms with Crippen LogP contribution in [0.5, 0.6) is 0 Å². The van der Waals surface area contributed by atoms with Crippen molar-refractivity contribution in [3.05, 3.63) is 71.3 Å². The van der Waals surface area contributed by atoms with Crippen LogP contribution in [-0.2, 0) is 4.89 Å². The van der Waals surface area contributed by atoms with E-state index < -0.39 is 10.8 Å². The van der Waals surface area contributed by atoms with Crippen LogP contribution in [0.1, 0.15) is 47.1 Å². The highest BCUT2D eigenvalue weighted by Gasteiger charge is 2.16. The average molecular weight is 335 g/mol. The molecule has 5 heteroatoms. The van der Waals surface area contributed by atoms with Gasteiger partial charge in [0.1, 0.15) is 0 Å². The molecule has 0 heterocycles. The molecule has 0 fully saturated rings. The van der Waals surface area contributed by atoms with Crippen LogP contribution in [0.4, 0.5) is 0 Å². The van der Waals surface area contributed by atoms with Gasteiger partial charge >= 0.3 is 0 Å². The van der Waals surface area contributed by atoms with E-state index in [1.165, 1.54) is 0 Å². The molecule has 2 aromatic carbocycles. The van der Waals surface area contributed by atoms with Gasteiger partial charge in [-0.15, -0.1) is 0 Å². The topological polar surface area (TPSA) is 63.6 Å². The Morgan fingerprint density at radius 2 is 1.35 bits per heavy atom. The van der Waals surface area contributed by atoms with Gasteiger partial charge in [0.2, 0.25) is 0 Å². The highest BCUT2D eigenvalue weighted by atomic mass is 35.5. The van der Waals surface area contributed by atoms with Gasteiger partial charge in [-0.05, 0) is 38.4 Å². The van der Waals surface area contributed by atoms with Gasteiger partial charge in [-0.2, -0.15) is 0 Å². The van der Waals surface area contributed by atoms with Crippen molar-refractivity contribution in [3.8, 4) is 0 Å². The highest BCUT2D eigenvalue weighted by molar-refractivity contribution is 6.68. The molecule has 2 rings (SSSR count). The number of benzene rings is 2. The summed E-state index contributed by atoms with van der Waals surface area (Å²) in [6, 6.07) is 15.3. The zero-order valence-electron chi connectivity index (χ0n) is 13.2. The summed E-state index contributed by atoms with van der Waals surface area (Å²) >= 11 is 5.45. The predicted molar refractivity (Wildman–Crippen MR) is 90.0 cm³/mol. The molecule has 0 unspecified atom stereocenters. The maximum Gasteiger partial charge on any atom is 0.253 e. The van der Waals surface area contributed by atoms with E-state index in [-0.39, 0.29) is 11.3 Å². The van der Waals surface area contributed by atoms with Gasteiger partial charge < -0.3 is 0 Å². The maximum atomic E-state index is 12.2. The lowest BCUT2D eigenvalue weighted by Crippen LogP contribution is -2.15. The Balaban J connectivity index is 0.000000379. The number of halogens is 1. The molecule has 2 aromatic rings. The third-order valence-electron chi connectivity index (χ3n) is 2.69. The van der Waals surface area contributed by atoms with E-state index in [2.05, 4.69) is 4.89 Å². The number of rotatable bonds is 3. The van der Waals surface area contributed by atoms with E-state index >= 15 is 0 Å². The van der Waals surface area contributed by atoms with Gasteiger partial charge in [0.25, 0.3) is 5.24 Å². The van der Waals surface area contributed by atoms with Crippen molar-refractivity contribution in [3.63, 3.8) is 0 Å². The number of carbonyl (C=O) groups excluding carboxylic acids is 2. The summed E-state index contributed by atoms with van der Waals surface area (Å²) in [7, 11) is 0. The monoisotopic (exact) mass is 334 g/mol. The fourth-order valence-electron chi connectivity index (χ4n) is 1.60. The molecule has 0 spiro atoms. The quantitative estimate of drug-likeness (QED) is 0.386. The SMILES string of the molecule is CC(C)(C)OO.O=C(Cl)c1ccccc1C(=O)c1ccccc1. The van der Waals surface area contributed by atoms with Crippen LogP contribution in [0.2, 0.25) is 0 Å². The van der Waals surface area contributed by atoms with Crippen molar-refractivity contribution in [1.29, 1.82) is 0 Å². The molecule has 4 nitrogen and oxygen atoms in total. The smallest absolute Gasteiger partial charge is 0.253 e. The van der Waals surface area contributed by atoms with Crippen LogP contribution in [0.3, 0.4) is 0 Å². The maximum absolute atomic E-state index is 12.2. The minimum absolute atomic E-state index is 0.199. The van der Waals surface area contributed by atoms with E-state index in [1.54, 1.807) is 69.3 Å². The molecule has 0 aliphatic carbocycles. The Morgan fingerprint density at radius 1 is 0.913 bits per heavy atom. The summed E-state index contributed by atoms with van der Waals surface area (Å²) in [5.41, 5.74) is 0.708. The number of ketones is 1. The first-order valence-corrected chi connectivity index (χ1v) is 7.35. The molecule has 0 aliphatic rings. The molecule has 0 amide bonds. The zero-order valence-corrected chi connectivity index (χ0v) is 14.0. The predicted octanol–water partition coefficient (Wildman–Crippen LogP) is 4.57. The number of carbonyl (C=O) groups is 2. The summed E-state index contributed by atoms with van der Waals surface area (Å²) in [6.45, 7) is 5.31. The standard InChI is InChI=1S/C14H9ClO2.C4H10O2/c15-14(17)12-9-5-4-8-11(12)13(16)10-6-2-1-3-7-10;1-4(2,3)6-5/h1-9H;5H,1-3H3. The molecule has 0 aromatic heterocycles. The molecule has 23 heavy (non-hydrogen) atoms. The van der Waals surface area contributed by atoms with E-state index in [0.29, 0.717) is 11.1 Å². The van der Waals surface area contributed by atoms with Crippen molar-refractivity contribution in [1.82, 2.24) is 0 Å². The first-order chi connectivity index (χ1) is 10.8. The molecule has 0 aliphatic heterocycles. The van der Waals surface area contributed by atoms with Crippen molar-refractivity contribution >= 4 is 22.6 Å².